The summed E-state index contributed by atoms with van der Waals surface area (Å²) in [6.45, 7) is 4.22. The highest BCUT2D eigenvalue weighted by Crippen LogP contribution is 2.36. The average Bonchev–Trinajstić information content (AvgIpc) is 2.51. The third kappa shape index (κ3) is 2.50. The zero-order valence-corrected chi connectivity index (χ0v) is 12.2. The normalized spacial score (nSPS) is 18.1. The predicted molar refractivity (Wildman–Crippen MR) is 79.4 cm³/mol. The Labute approximate surface area is 119 Å². The van der Waals surface area contributed by atoms with Gasteiger partial charge in [0.05, 0.1) is 10.7 Å². The summed E-state index contributed by atoms with van der Waals surface area (Å²) in [5, 5.41) is 0.802. The average molecular weight is 285 g/mol. The van der Waals surface area contributed by atoms with Crippen molar-refractivity contribution in [2.24, 2.45) is 4.99 Å². The minimum Gasteiger partial charge on any atom is -0.356 e. The van der Waals surface area contributed by atoms with Gasteiger partial charge in [-0.1, -0.05) is 24.1 Å². The molecule has 0 unspecified atom stereocenters. The van der Waals surface area contributed by atoms with Gasteiger partial charge in [-0.2, -0.15) is 0 Å². The van der Waals surface area contributed by atoms with Crippen LogP contribution >= 0.6 is 24.0 Å². The van der Waals surface area contributed by atoms with Crippen molar-refractivity contribution in [2.75, 3.05) is 6.54 Å². The molecule has 1 aromatic carbocycles. The number of halogens is 2. The number of rotatable bonds is 0. The lowest BCUT2D eigenvalue weighted by molar-refractivity contribution is 0.403. The Bertz CT molecular complexity index is 483. The first-order valence-corrected chi connectivity index (χ1v) is 6.73. The Balaban J connectivity index is 0.00000120. The minimum absolute atomic E-state index is 0. The van der Waals surface area contributed by atoms with Crippen molar-refractivity contribution in [3.05, 3.63) is 28.3 Å². The van der Waals surface area contributed by atoms with Gasteiger partial charge in [0.2, 0.25) is 0 Å². The smallest absolute Gasteiger partial charge is 0.105 e. The maximum absolute atomic E-state index is 6.29. The van der Waals surface area contributed by atoms with Crippen LogP contribution in [0.3, 0.4) is 0 Å². The van der Waals surface area contributed by atoms with Crippen LogP contribution in [0.4, 0.5) is 5.69 Å². The van der Waals surface area contributed by atoms with E-state index in [1.165, 1.54) is 36.2 Å². The molecule has 0 aromatic heterocycles. The van der Waals surface area contributed by atoms with Crippen molar-refractivity contribution in [1.29, 1.82) is 0 Å². The fourth-order valence-corrected chi connectivity index (χ4v) is 3.07. The van der Waals surface area contributed by atoms with Gasteiger partial charge < -0.3 is 4.90 Å². The molecule has 0 amide bonds. The summed E-state index contributed by atoms with van der Waals surface area (Å²) in [6, 6.07) is 4.23. The zero-order chi connectivity index (χ0) is 11.8. The van der Waals surface area contributed by atoms with E-state index in [0.717, 1.165) is 30.2 Å². The van der Waals surface area contributed by atoms with Gasteiger partial charge in [0, 0.05) is 19.5 Å². The van der Waals surface area contributed by atoms with Crippen molar-refractivity contribution >= 4 is 35.5 Å². The Hall–Kier alpha value is -0.730. The number of hydrogen-bond acceptors (Lipinski definition) is 2. The lowest BCUT2D eigenvalue weighted by atomic mass is 10.1. The van der Waals surface area contributed by atoms with Gasteiger partial charge in [-0.3, -0.25) is 0 Å². The van der Waals surface area contributed by atoms with Crippen molar-refractivity contribution < 1.29 is 0 Å². The van der Waals surface area contributed by atoms with Gasteiger partial charge >= 0.3 is 0 Å². The summed E-state index contributed by atoms with van der Waals surface area (Å²) in [4.78, 5) is 7.20. The number of nitrogens with zero attached hydrogens (tertiary/aromatic N) is 2. The Morgan fingerprint density at radius 1 is 1.22 bits per heavy atom. The van der Waals surface area contributed by atoms with E-state index in [4.69, 9.17) is 16.6 Å². The fraction of sp³-hybridized carbons (Fsp3) is 0.500. The monoisotopic (exact) mass is 284 g/mol. The molecule has 0 saturated carbocycles. The number of aliphatic imine (C=N–C) groups is 1. The first-order valence-electron chi connectivity index (χ1n) is 6.35. The largest absolute Gasteiger partial charge is 0.356 e. The van der Waals surface area contributed by atoms with Crippen LogP contribution in [0.1, 0.15) is 36.8 Å². The number of fused-ring (bicyclic) bond motifs is 2. The molecule has 1 saturated heterocycles. The summed E-state index contributed by atoms with van der Waals surface area (Å²) < 4.78 is 0. The van der Waals surface area contributed by atoms with Gasteiger partial charge in [0.25, 0.3) is 0 Å². The first-order chi connectivity index (χ1) is 8.24. The number of amidine groups is 1. The van der Waals surface area contributed by atoms with Crippen molar-refractivity contribution in [1.82, 2.24) is 4.90 Å². The molecule has 1 fully saturated rings. The van der Waals surface area contributed by atoms with E-state index in [9.17, 15) is 0 Å². The van der Waals surface area contributed by atoms with Crippen molar-refractivity contribution in [3.8, 4) is 0 Å². The molecule has 18 heavy (non-hydrogen) atoms. The fourth-order valence-electron chi connectivity index (χ4n) is 2.73. The maximum Gasteiger partial charge on any atom is 0.105 e. The summed E-state index contributed by atoms with van der Waals surface area (Å²) in [5.41, 5.74) is 3.51. The summed E-state index contributed by atoms with van der Waals surface area (Å²) >= 11 is 6.29. The van der Waals surface area contributed by atoms with Gasteiger partial charge in [0.1, 0.15) is 5.84 Å². The third-order valence-corrected chi connectivity index (χ3v) is 3.87. The highest BCUT2D eigenvalue weighted by Gasteiger charge is 2.22. The van der Waals surface area contributed by atoms with Crippen LogP contribution in [0.15, 0.2) is 17.1 Å². The molecule has 2 aliphatic rings. The lowest BCUT2D eigenvalue weighted by Gasteiger charge is -2.29. The molecule has 2 heterocycles. The van der Waals surface area contributed by atoms with Gasteiger partial charge in [-0.25, -0.2) is 4.99 Å². The molecular weight excluding hydrogens is 267 g/mol. The van der Waals surface area contributed by atoms with Crippen LogP contribution in [-0.2, 0) is 6.54 Å². The lowest BCUT2D eigenvalue weighted by Crippen LogP contribution is -2.32. The number of benzene rings is 1. The van der Waals surface area contributed by atoms with Crippen LogP contribution in [0.2, 0.25) is 5.02 Å². The minimum atomic E-state index is 0. The third-order valence-electron chi connectivity index (χ3n) is 3.58. The van der Waals surface area contributed by atoms with Crippen LogP contribution < -0.4 is 0 Å². The predicted octanol–water partition coefficient (Wildman–Crippen LogP) is 4.49. The van der Waals surface area contributed by atoms with Crippen LogP contribution in [0, 0.1) is 6.92 Å². The first kappa shape index (κ1) is 13.7. The van der Waals surface area contributed by atoms with E-state index in [1.807, 2.05) is 6.07 Å². The number of aryl methyl sites for hydroxylation is 1. The van der Waals surface area contributed by atoms with E-state index < -0.39 is 0 Å². The molecule has 0 radical (unpaired) electrons. The van der Waals surface area contributed by atoms with Gasteiger partial charge in [0.15, 0.2) is 0 Å². The zero-order valence-electron chi connectivity index (χ0n) is 10.6. The molecule has 2 aliphatic heterocycles. The second kappa shape index (κ2) is 5.50. The molecule has 0 bridgehead atoms. The standard InChI is InChI=1S/C14H17ClN2.ClH/c1-10-7-11-9-17-6-4-2-3-5-13(17)16-14(11)12(15)8-10;/h7-8H,2-6,9H2,1H3;1H. The molecular formula is C14H18Cl2N2. The van der Waals surface area contributed by atoms with Crippen LogP contribution in [0.5, 0.6) is 0 Å². The second-order valence-corrected chi connectivity index (χ2v) is 5.42. The maximum atomic E-state index is 6.29. The van der Waals surface area contributed by atoms with E-state index in [1.54, 1.807) is 0 Å². The highest BCUT2D eigenvalue weighted by molar-refractivity contribution is 6.33. The Kier molecular flexibility index (Phi) is 4.18. The second-order valence-electron chi connectivity index (χ2n) is 5.01. The van der Waals surface area contributed by atoms with E-state index in [0.29, 0.717) is 0 Å². The van der Waals surface area contributed by atoms with Crippen LogP contribution in [0.25, 0.3) is 0 Å². The van der Waals surface area contributed by atoms with Gasteiger partial charge in [-0.05, 0) is 37.0 Å². The highest BCUT2D eigenvalue weighted by atomic mass is 35.5. The molecule has 0 atom stereocenters. The molecule has 0 spiro atoms. The Morgan fingerprint density at radius 2 is 2.06 bits per heavy atom. The van der Waals surface area contributed by atoms with Crippen LogP contribution in [-0.4, -0.2) is 17.3 Å². The molecule has 98 valence electrons. The van der Waals surface area contributed by atoms with E-state index in [-0.39, 0.29) is 12.4 Å². The summed E-state index contributed by atoms with van der Waals surface area (Å²) in [7, 11) is 0. The summed E-state index contributed by atoms with van der Waals surface area (Å²) in [5.74, 6) is 1.24. The molecule has 0 N–H and O–H groups in total. The van der Waals surface area contributed by atoms with Crippen molar-refractivity contribution in [2.45, 2.75) is 39.2 Å². The Morgan fingerprint density at radius 3 is 2.89 bits per heavy atom. The molecule has 0 aliphatic carbocycles. The van der Waals surface area contributed by atoms with E-state index >= 15 is 0 Å². The van der Waals surface area contributed by atoms with E-state index in [2.05, 4.69) is 17.9 Å². The molecule has 1 aromatic rings. The van der Waals surface area contributed by atoms with Crippen molar-refractivity contribution in [3.63, 3.8) is 0 Å². The number of hydrogen-bond donors (Lipinski definition) is 0. The van der Waals surface area contributed by atoms with Gasteiger partial charge in [-0.15, -0.1) is 12.4 Å². The molecule has 4 heteroatoms. The molecule has 3 rings (SSSR count). The topological polar surface area (TPSA) is 15.6 Å². The SMILES string of the molecule is Cc1cc(Cl)c2c(c1)CN1CCCCCC1=N2.Cl. The quantitative estimate of drug-likeness (QED) is 0.685. The summed E-state index contributed by atoms with van der Waals surface area (Å²) in [6.07, 6.45) is 4.96. The molecule has 2 nitrogen and oxygen atoms in total.